The van der Waals surface area contributed by atoms with Gasteiger partial charge in [0.1, 0.15) is 12.4 Å². The van der Waals surface area contributed by atoms with Gasteiger partial charge in [-0.2, -0.15) is 0 Å². The summed E-state index contributed by atoms with van der Waals surface area (Å²) >= 11 is 15.2. The molecule has 0 aliphatic carbocycles. The molecule has 20 heavy (non-hydrogen) atoms. The average Bonchev–Trinajstić information content (AvgIpc) is 2.40. The Bertz CT molecular complexity index is 615. The van der Waals surface area contributed by atoms with E-state index >= 15 is 0 Å². The van der Waals surface area contributed by atoms with Gasteiger partial charge in [0.2, 0.25) is 0 Å². The predicted molar refractivity (Wildman–Crippen MR) is 85.6 cm³/mol. The number of aliphatic hydroxyl groups is 1. The zero-order valence-electron chi connectivity index (χ0n) is 10.7. The Kier molecular flexibility index (Phi) is 5.33. The lowest BCUT2D eigenvalue weighted by Gasteiger charge is -2.14. The van der Waals surface area contributed by atoms with Crippen molar-refractivity contribution in [3.63, 3.8) is 0 Å². The standard InChI is InChI=1S/C15H13BrCl2O2/c1-9(19)12-4-3-11(16)7-15(12)20-8-10-2-5-13(17)14(18)6-10/h2-7,9,19H,8H2,1H3. The van der Waals surface area contributed by atoms with Crippen molar-refractivity contribution in [1.82, 2.24) is 0 Å². The average molecular weight is 376 g/mol. The second-order valence-corrected chi connectivity index (χ2v) is 6.13. The molecule has 0 radical (unpaired) electrons. The van der Waals surface area contributed by atoms with Crippen LogP contribution in [0.4, 0.5) is 0 Å². The van der Waals surface area contributed by atoms with E-state index < -0.39 is 6.10 Å². The Morgan fingerprint density at radius 2 is 1.90 bits per heavy atom. The summed E-state index contributed by atoms with van der Waals surface area (Å²) in [7, 11) is 0. The Labute approximate surface area is 136 Å². The smallest absolute Gasteiger partial charge is 0.126 e. The number of halogens is 3. The largest absolute Gasteiger partial charge is 0.488 e. The Morgan fingerprint density at radius 1 is 1.15 bits per heavy atom. The maximum Gasteiger partial charge on any atom is 0.126 e. The molecule has 0 fully saturated rings. The van der Waals surface area contributed by atoms with Crippen LogP contribution in [0.15, 0.2) is 40.9 Å². The lowest BCUT2D eigenvalue weighted by Crippen LogP contribution is -2.01. The minimum atomic E-state index is -0.591. The molecule has 0 spiro atoms. The van der Waals surface area contributed by atoms with Crippen LogP contribution in [-0.2, 0) is 6.61 Å². The Morgan fingerprint density at radius 3 is 2.55 bits per heavy atom. The molecule has 0 saturated carbocycles. The summed E-state index contributed by atoms with van der Waals surface area (Å²) in [5.41, 5.74) is 1.66. The van der Waals surface area contributed by atoms with Crippen LogP contribution in [-0.4, -0.2) is 5.11 Å². The first-order chi connectivity index (χ1) is 9.47. The number of hydrogen-bond acceptors (Lipinski definition) is 2. The highest BCUT2D eigenvalue weighted by molar-refractivity contribution is 9.10. The fraction of sp³-hybridized carbons (Fsp3) is 0.200. The molecule has 1 N–H and O–H groups in total. The van der Waals surface area contributed by atoms with Crippen molar-refractivity contribution in [2.75, 3.05) is 0 Å². The number of hydrogen-bond donors (Lipinski definition) is 1. The van der Waals surface area contributed by atoms with Gasteiger partial charge in [-0.15, -0.1) is 0 Å². The second kappa shape index (κ2) is 6.81. The summed E-state index contributed by atoms with van der Waals surface area (Å²) in [6, 6.07) is 10.9. The van der Waals surface area contributed by atoms with Crippen molar-refractivity contribution in [1.29, 1.82) is 0 Å². The van der Waals surface area contributed by atoms with Gasteiger partial charge in [-0.1, -0.05) is 51.3 Å². The quantitative estimate of drug-likeness (QED) is 0.776. The predicted octanol–water partition coefficient (Wildman–Crippen LogP) is 5.39. The van der Waals surface area contributed by atoms with Gasteiger partial charge < -0.3 is 9.84 Å². The van der Waals surface area contributed by atoms with Gasteiger partial charge >= 0.3 is 0 Å². The highest BCUT2D eigenvalue weighted by atomic mass is 79.9. The molecule has 2 nitrogen and oxygen atoms in total. The molecular formula is C15H13BrCl2O2. The van der Waals surface area contributed by atoms with Gasteiger partial charge in [0.05, 0.1) is 16.1 Å². The molecule has 0 amide bonds. The summed E-state index contributed by atoms with van der Waals surface area (Å²) in [6.45, 7) is 2.06. The Hall–Kier alpha value is -0.740. The monoisotopic (exact) mass is 374 g/mol. The summed E-state index contributed by atoms with van der Waals surface area (Å²) in [4.78, 5) is 0. The van der Waals surface area contributed by atoms with E-state index in [4.69, 9.17) is 27.9 Å². The van der Waals surface area contributed by atoms with Crippen molar-refractivity contribution < 1.29 is 9.84 Å². The second-order valence-electron chi connectivity index (χ2n) is 4.40. The van der Waals surface area contributed by atoms with E-state index in [9.17, 15) is 5.11 Å². The van der Waals surface area contributed by atoms with Crippen molar-refractivity contribution >= 4 is 39.1 Å². The fourth-order valence-corrected chi connectivity index (χ4v) is 2.43. The first-order valence-electron chi connectivity index (χ1n) is 6.01. The van der Waals surface area contributed by atoms with Crippen molar-refractivity contribution in [3.05, 3.63) is 62.0 Å². The van der Waals surface area contributed by atoms with Crippen LogP contribution in [0.1, 0.15) is 24.2 Å². The minimum absolute atomic E-state index is 0.354. The van der Waals surface area contributed by atoms with E-state index in [1.165, 1.54) is 0 Å². The third-order valence-electron chi connectivity index (χ3n) is 2.80. The van der Waals surface area contributed by atoms with Gasteiger partial charge in [-0.25, -0.2) is 0 Å². The number of ether oxygens (including phenoxy) is 1. The highest BCUT2D eigenvalue weighted by Crippen LogP contribution is 2.30. The summed E-state index contributed by atoms with van der Waals surface area (Å²) in [6.07, 6.45) is -0.591. The number of benzene rings is 2. The number of rotatable bonds is 4. The molecule has 0 saturated heterocycles. The molecule has 0 aliphatic heterocycles. The van der Waals surface area contributed by atoms with Crippen molar-refractivity contribution in [2.24, 2.45) is 0 Å². The minimum Gasteiger partial charge on any atom is -0.488 e. The number of aliphatic hydroxyl groups excluding tert-OH is 1. The van der Waals surface area contributed by atoms with Crippen molar-refractivity contribution in [3.8, 4) is 5.75 Å². The van der Waals surface area contributed by atoms with E-state index in [1.807, 2.05) is 24.3 Å². The van der Waals surface area contributed by atoms with E-state index in [0.29, 0.717) is 22.4 Å². The van der Waals surface area contributed by atoms with E-state index in [-0.39, 0.29) is 0 Å². The van der Waals surface area contributed by atoms with Crippen LogP contribution in [0.3, 0.4) is 0 Å². The lowest BCUT2D eigenvalue weighted by atomic mass is 10.1. The van der Waals surface area contributed by atoms with Gasteiger partial charge in [0, 0.05) is 10.0 Å². The zero-order chi connectivity index (χ0) is 14.7. The summed E-state index contributed by atoms with van der Waals surface area (Å²) < 4.78 is 6.66. The molecule has 106 valence electrons. The van der Waals surface area contributed by atoms with Crippen LogP contribution < -0.4 is 4.74 Å². The third-order valence-corrected chi connectivity index (χ3v) is 4.04. The first-order valence-corrected chi connectivity index (χ1v) is 7.56. The SMILES string of the molecule is CC(O)c1ccc(Br)cc1OCc1ccc(Cl)c(Cl)c1. The molecule has 0 heterocycles. The highest BCUT2D eigenvalue weighted by Gasteiger charge is 2.10. The molecule has 1 atom stereocenters. The van der Waals surface area contributed by atoms with Crippen LogP contribution in [0, 0.1) is 0 Å². The van der Waals surface area contributed by atoms with E-state index in [1.54, 1.807) is 19.1 Å². The van der Waals surface area contributed by atoms with Gasteiger partial charge in [0.25, 0.3) is 0 Å². The molecule has 0 bridgehead atoms. The summed E-state index contributed by atoms with van der Waals surface area (Å²) in [5.74, 6) is 0.639. The van der Waals surface area contributed by atoms with E-state index in [0.717, 1.165) is 15.6 Å². The van der Waals surface area contributed by atoms with Crippen LogP contribution in [0.2, 0.25) is 10.0 Å². The fourth-order valence-electron chi connectivity index (χ4n) is 1.77. The van der Waals surface area contributed by atoms with Crippen molar-refractivity contribution in [2.45, 2.75) is 19.6 Å². The first kappa shape index (κ1) is 15.6. The molecule has 2 aromatic rings. The van der Waals surface area contributed by atoms with Crippen LogP contribution in [0.5, 0.6) is 5.75 Å². The molecule has 1 unspecified atom stereocenters. The molecule has 2 rings (SSSR count). The maximum atomic E-state index is 9.74. The Balaban J connectivity index is 2.17. The third kappa shape index (κ3) is 3.89. The van der Waals surface area contributed by atoms with Gasteiger partial charge in [0.15, 0.2) is 0 Å². The molecule has 0 aromatic heterocycles. The van der Waals surface area contributed by atoms with Gasteiger partial charge in [-0.3, -0.25) is 0 Å². The summed E-state index contributed by atoms with van der Waals surface area (Å²) in [5, 5.41) is 10.8. The topological polar surface area (TPSA) is 29.5 Å². The molecule has 2 aromatic carbocycles. The van der Waals surface area contributed by atoms with Crippen LogP contribution in [0.25, 0.3) is 0 Å². The van der Waals surface area contributed by atoms with E-state index in [2.05, 4.69) is 15.9 Å². The molecular weight excluding hydrogens is 363 g/mol. The zero-order valence-corrected chi connectivity index (χ0v) is 13.8. The molecule has 0 aliphatic rings. The van der Waals surface area contributed by atoms with Crippen LogP contribution >= 0.6 is 39.1 Å². The van der Waals surface area contributed by atoms with Gasteiger partial charge in [-0.05, 0) is 36.8 Å². The maximum absolute atomic E-state index is 9.74. The normalized spacial score (nSPS) is 12.2. The molecule has 5 heteroatoms. The lowest BCUT2D eigenvalue weighted by molar-refractivity contribution is 0.190.